The molecule has 0 saturated carbocycles. The fourth-order valence-corrected chi connectivity index (χ4v) is 1.69. The van der Waals surface area contributed by atoms with Gasteiger partial charge in [0.25, 0.3) is 0 Å². The number of hydrogen-bond donors (Lipinski definition) is 0. The van der Waals surface area contributed by atoms with E-state index in [4.69, 9.17) is 11.6 Å². The van der Waals surface area contributed by atoms with E-state index >= 15 is 0 Å². The third kappa shape index (κ3) is 7.66. The van der Waals surface area contributed by atoms with Gasteiger partial charge in [0.15, 0.2) is 0 Å². The highest BCUT2D eigenvalue weighted by molar-refractivity contribution is 6.17. The topological polar surface area (TPSA) is 20.3 Å². The predicted molar refractivity (Wildman–Crippen MR) is 66.4 cm³/mol. The minimum Gasteiger partial charge on any atom is -0.343 e. The van der Waals surface area contributed by atoms with Crippen molar-refractivity contribution in [3.8, 4) is 0 Å². The summed E-state index contributed by atoms with van der Waals surface area (Å²) in [7, 11) is 0. The first kappa shape index (κ1) is 14.8. The van der Waals surface area contributed by atoms with E-state index in [0.29, 0.717) is 18.2 Å². The maximum Gasteiger partial charge on any atom is 0.222 e. The summed E-state index contributed by atoms with van der Waals surface area (Å²) in [4.78, 5) is 13.6. The predicted octanol–water partition coefficient (Wildman–Crippen LogP) is 3.43. The molecule has 0 fully saturated rings. The molecule has 0 unspecified atom stereocenters. The van der Waals surface area contributed by atoms with E-state index in [2.05, 4.69) is 6.92 Å². The highest BCUT2D eigenvalue weighted by Crippen LogP contribution is 2.05. The van der Waals surface area contributed by atoms with E-state index in [9.17, 15) is 4.79 Å². The molecule has 0 N–H and O–H groups in total. The molecule has 0 aromatic rings. The number of carbonyl (C=O) groups excluding carboxylic acids is 1. The first-order valence-corrected chi connectivity index (χ1v) is 6.63. The second kappa shape index (κ2) is 10.3. The van der Waals surface area contributed by atoms with Crippen molar-refractivity contribution in [2.45, 2.75) is 52.4 Å². The molecule has 0 aliphatic rings. The van der Waals surface area contributed by atoms with Gasteiger partial charge in [0, 0.05) is 25.4 Å². The normalized spacial score (nSPS) is 10.3. The Bertz CT molecular complexity index is 162. The van der Waals surface area contributed by atoms with Crippen LogP contribution in [-0.4, -0.2) is 29.8 Å². The number of amides is 1. The van der Waals surface area contributed by atoms with Crippen LogP contribution in [0.2, 0.25) is 0 Å². The minimum absolute atomic E-state index is 0.290. The van der Waals surface area contributed by atoms with Gasteiger partial charge in [0.2, 0.25) is 5.91 Å². The molecule has 0 spiro atoms. The average Bonchev–Trinajstić information content (AvgIpc) is 2.25. The fourth-order valence-electron chi connectivity index (χ4n) is 1.57. The van der Waals surface area contributed by atoms with Crippen molar-refractivity contribution in [1.29, 1.82) is 0 Å². The van der Waals surface area contributed by atoms with Crippen LogP contribution in [0.5, 0.6) is 0 Å². The largest absolute Gasteiger partial charge is 0.343 e. The number of hydrogen-bond acceptors (Lipinski definition) is 1. The maximum absolute atomic E-state index is 11.7. The van der Waals surface area contributed by atoms with Crippen molar-refractivity contribution >= 4 is 17.5 Å². The lowest BCUT2D eigenvalue weighted by Crippen LogP contribution is -2.31. The SMILES string of the molecule is CCCCCCC(=O)N(CC)CCCCl. The molecular weight excluding hydrogens is 210 g/mol. The molecule has 0 atom stereocenters. The molecule has 0 radical (unpaired) electrons. The zero-order chi connectivity index (χ0) is 11.5. The summed E-state index contributed by atoms with van der Waals surface area (Å²) in [6.45, 7) is 5.83. The zero-order valence-corrected chi connectivity index (χ0v) is 10.9. The molecule has 0 bridgehead atoms. The molecule has 0 aromatic heterocycles. The van der Waals surface area contributed by atoms with E-state index in [1.54, 1.807) is 0 Å². The Morgan fingerprint density at radius 2 is 1.87 bits per heavy atom. The van der Waals surface area contributed by atoms with Gasteiger partial charge in [-0.05, 0) is 19.8 Å². The van der Waals surface area contributed by atoms with Crippen LogP contribution < -0.4 is 0 Å². The molecule has 90 valence electrons. The smallest absolute Gasteiger partial charge is 0.222 e. The van der Waals surface area contributed by atoms with Crippen LogP contribution in [0, 0.1) is 0 Å². The molecule has 0 aliphatic carbocycles. The van der Waals surface area contributed by atoms with E-state index in [0.717, 1.165) is 25.9 Å². The number of rotatable bonds is 9. The molecule has 0 heterocycles. The summed E-state index contributed by atoms with van der Waals surface area (Å²) in [5.41, 5.74) is 0. The van der Waals surface area contributed by atoms with E-state index in [1.807, 2.05) is 11.8 Å². The maximum atomic E-state index is 11.7. The van der Waals surface area contributed by atoms with Gasteiger partial charge in [0.05, 0.1) is 0 Å². The van der Waals surface area contributed by atoms with Crippen LogP contribution in [0.1, 0.15) is 52.4 Å². The molecule has 3 heteroatoms. The first-order chi connectivity index (χ1) is 7.26. The molecule has 15 heavy (non-hydrogen) atoms. The minimum atomic E-state index is 0.290. The lowest BCUT2D eigenvalue weighted by Gasteiger charge is -2.20. The van der Waals surface area contributed by atoms with E-state index in [-0.39, 0.29) is 0 Å². The Kier molecular flexibility index (Phi) is 10.1. The van der Waals surface area contributed by atoms with Gasteiger partial charge in [-0.25, -0.2) is 0 Å². The van der Waals surface area contributed by atoms with Crippen LogP contribution in [-0.2, 0) is 4.79 Å². The van der Waals surface area contributed by atoms with Crippen molar-refractivity contribution in [1.82, 2.24) is 4.90 Å². The number of carbonyl (C=O) groups is 1. The van der Waals surface area contributed by atoms with Gasteiger partial charge in [-0.3, -0.25) is 4.79 Å². The first-order valence-electron chi connectivity index (χ1n) is 6.10. The summed E-state index contributed by atoms with van der Waals surface area (Å²) in [6.07, 6.45) is 6.27. The third-order valence-corrected chi connectivity index (χ3v) is 2.81. The Balaban J connectivity index is 3.63. The van der Waals surface area contributed by atoms with Crippen LogP contribution in [0.25, 0.3) is 0 Å². The highest BCUT2D eigenvalue weighted by atomic mass is 35.5. The summed E-state index contributed by atoms with van der Waals surface area (Å²) in [5, 5.41) is 0. The van der Waals surface area contributed by atoms with Crippen molar-refractivity contribution in [3.63, 3.8) is 0 Å². The monoisotopic (exact) mass is 233 g/mol. The number of halogens is 1. The Morgan fingerprint density at radius 3 is 2.40 bits per heavy atom. The van der Waals surface area contributed by atoms with Gasteiger partial charge in [0.1, 0.15) is 0 Å². The van der Waals surface area contributed by atoms with E-state index < -0.39 is 0 Å². The molecule has 0 saturated heterocycles. The van der Waals surface area contributed by atoms with Gasteiger partial charge in [-0.1, -0.05) is 26.2 Å². The number of alkyl halides is 1. The molecule has 2 nitrogen and oxygen atoms in total. The quantitative estimate of drug-likeness (QED) is 0.441. The van der Waals surface area contributed by atoms with Gasteiger partial charge in [-0.2, -0.15) is 0 Å². The number of nitrogens with zero attached hydrogens (tertiary/aromatic N) is 1. The van der Waals surface area contributed by atoms with Crippen LogP contribution in [0.3, 0.4) is 0 Å². The third-order valence-electron chi connectivity index (χ3n) is 2.54. The molecular formula is C12H24ClNO. The summed E-state index contributed by atoms with van der Waals surface area (Å²) in [6, 6.07) is 0. The van der Waals surface area contributed by atoms with Crippen molar-refractivity contribution in [3.05, 3.63) is 0 Å². The fraction of sp³-hybridized carbons (Fsp3) is 0.917. The van der Waals surface area contributed by atoms with Crippen LogP contribution in [0.4, 0.5) is 0 Å². The van der Waals surface area contributed by atoms with Crippen molar-refractivity contribution < 1.29 is 4.79 Å². The van der Waals surface area contributed by atoms with Crippen molar-refractivity contribution in [2.24, 2.45) is 0 Å². The molecule has 0 rings (SSSR count). The van der Waals surface area contributed by atoms with Gasteiger partial charge < -0.3 is 4.90 Å². The van der Waals surface area contributed by atoms with Gasteiger partial charge in [-0.15, -0.1) is 11.6 Å². The standard InChI is InChI=1S/C12H24ClNO/c1-3-5-6-7-9-12(15)14(4-2)11-8-10-13/h3-11H2,1-2H3. The lowest BCUT2D eigenvalue weighted by molar-refractivity contribution is -0.131. The summed E-state index contributed by atoms with van der Waals surface area (Å²) in [5.74, 6) is 0.929. The zero-order valence-electron chi connectivity index (χ0n) is 10.1. The highest BCUT2D eigenvalue weighted by Gasteiger charge is 2.09. The Labute approximate surface area is 99.0 Å². The number of unbranched alkanes of at least 4 members (excludes halogenated alkanes) is 3. The second-order valence-corrected chi connectivity index (χ2v) is 4.20. The molecule has 0 aromatic carbocycles. The van der Waals surface area contributed by atoms with Crippen molar-refractivity contribution in [2.75, 3.05) is 19.0 Å². The summed E-state index contributed by atoms with van der Waals surface area (Å²) < 4.78 is 0. The molecule has 0 aliphatic heterocycles. The molecule has 1 amide bonds. The van der Waals surface area contributed by atoms with E-state index in [1.165, 1.54) is 19.3 Å². The van der Waals surface area contributed by atoms with Gasteiger partial charge >= 0.3 is 0 Å². The second-order valence-electron chi connectivity index (χ2n) is 3.83. The van der Waals surface area contributed by atoms with Crippen LogP contribution in [0.15, 0.2) is 0 Å². The Hall–Kier alpha value is -0.240. The Morgan fingerprint density at radius 1 is 1.13 bits per heavy atom. The summed E-state index contributed by atoms with van der Waals surface area (Å²) >= 11 is 5.61. The van der Waals surface area contributed by atoms with Crippen LogP contribution >= 0.6 is 11.6 Å². The lowest BCUT2D eigenvalue weighted by atomic mass is 10.1. The average molecular weight is 234 g/mol.